The number of para-hydroxylation sites is 1. The van der Waals surface area contributed by atoms with Gasteiger partial charge in [0.05, 0.1) is 5.52 Å². The Kier molecular flexibility index (Phi) is 2.40. The molecule has 1 aromatic carbocycles. The Balaban J connectivity index is 2.61. The van der Waals surface area contributed by atoms with Gasteiger partial charge in [-0.05, 0) is 34.0 Å². The summed E-state index contributed by atoms with van der Waals surface area (Å²) in [6.07, 6.45) is 4.45. The third-order valence-electron chi connectivity index (χ3n) is 2.27. The highest BCUT2D eigenvalue weighted by atomic mass is 79.9. The summed E-state index contributed by atoms with van der Waals surface area (Å²) in [4.78, 5) is 3.29. The van der Waals surface area contributed by atoms with Crippen LogP contribution < -0.4 is 0 Å². The van der Waals surface area contributed by atoms with Crippen LogP contribution in [0.15, 0.2) is 28.9 Å². The third kappa shape index (κ3) is 1.51. The van der Waals surface area contributed by atoms with Crippen molar-refractivity contribution in [1.29, 1.82) is 0 Å². The molecule has 68 valence electrons. The Hall–Kier alpha value is -0.760. The number of aromatic amines is 1. The number of rotatable bonds is 2. The molecule has 0 amide bonds. The smallest absolute Gasteiger partial charge is 0.0601 e. The largest absolute Gasteiger partial charge is 0.360 e. The molecule has 2 rings (SSSR count). The van der Waals surface area contributed by atoms with Crippen LogP contribution in [-0.2, 0) is 6.42 Å². The number of aryl methyl sites for hydroxylation is 1. The van der Waals surface area contributed by atoms with Gasteiger partial charge in [0.2, 0.25) is 0 Å². The Morgan fingerprint density at radius 1 is 1.38 bits per heavy atom. The molecule has 0 saturated carbocycles. The lowest BCUT2D eigenvalue weighted by molar-refractivity contribution is 0.929. The zero-order valence-corrected chi connectivity index (χ0v) is 9.19. The molecule has 1 aromatic heterocycles. The van der Waals surface area contributed by atoms with E-state index in [-0.39, 0.29) is 0 Å². The van der Waals surface area contributed by atoms with Crippen molar-refractivity contribution in [3.05, 3.63) is 34.4 Å². The van der Waals surface area contributed by atoms with E-state index in [1.807, 2.05) is 0 Å². The summed E-state index contributed by atoms with van der Waals surface area (Å²) in [6.45, 7) is 2.21. The van der Waals surface area contributed by atoms with E-state index in [0.717, 1.165) is 10.9 Å². The van der Waals surface area contributed by atoms with Gasteiger partial charge < -0.3 is 4.98 Å². The molecule has 0 aliphatic rings. The summed E-state index contributed by atoms with van der Waals surface area (Å²) < 4.78 is 1.15. The molecular formula is C11H12BrN. The Morgan fingerprint density at radius 2 is 2.23 bits per heavy atom. The standard InChI is InChI=1S/C11H12BrN/c1-2-4-8-7-13-11-9(8)5-3-6-10(11)12/h3,5-7,13H,2,4H2,1H3. The molecule has 0 aliphatic heterocycles. The van der Waals surface area contributed by atoms with Crippen LogP contribution in [0.1, 0.15) is 18.9 Å². The minimum Gasteiger partial charge on any atom is -0.360 e. The number of nitrogens with one attached hydrogen (secondary N) is 1. The van der Waals surface area contributed by atoms with Gasteiger partial charge in [0.1, 0.15) is 0 Å². The van der Waals surface area contributed by atoms with Crippen LogP contribution in [0.2, 0.25) is 0 Å². The molecule has 1 N–H and O–H groups in total. The predicted molar refractivity (Wildman–Crippen MR) is 60.0 cm³/mol. The number of benzene rings is 1. The maximum absolute atomic E-state index is 3.53. The van der Waals surface area contributed by atoms with E-state index >= 15 is 0 Å². The summed E-state index contributed by atoms with van der Waals surface area (Å²) in [5.41, 5.74) is 2.63. The molecule has 2 aromatic rings. The van der Waals surface area contributed by atoms with Gasteiger partial charge in [0.25, 0.3) is 0 Å². The maximum Gasteiger partial charge on any atom is 0.0601 e. The lowest BCUT2D eigenvalue weighted by Crippen LogP contribution is -1.78. The van der Waals surface area contributed by atoms with Crippen molar-refractivity contribution in [3.63, 3.8) is 0 Å². The van der Waals surface area contributed by atoms with Gasteiger partial charge in [-0.3, -0.25) is 0 Å². The van der Waals surface area contributed by atoms with Gasteiger partial charge in [-0.2, -0.15) is 0 Å². The van der Waals surface area contributed by atoms with E-state index in [4.69, 9.17) is 0 Å². The van der Waals surface area contributed by atoms with Crippen molar-refractivity contribution in [2.75, 3.05) is 0 Å². The highest BCUT2D eigenvalue weighted by molar-refractivity contribution is 9.10. The minimum absolute atomic E-state index is 1.15. The Bertz CT molecular complexity index is 417. The average molecular weight is 238 g/mol. The molecule has 0 atom stereocenters. The van der Waals surface area contributed by atoms with Crippen molar-refractivity contribution in [1.82, 2.24) is 4.98 Å². The summed E-state index contributed by atoms with van der Waals surface area (Å²) in [6, 6.07) is 6.32. The minimum atomic E-state index is 1.15. The monoisotopic (exact) mass is 237 g/mol. The maximum atomic E-state index is 3.53. The summed E-state index contributed by atoms with van der Waals surface area (Å²) >= 11 is 3.53. The summed E-state index contributed by atoms with van der Waals surface area (Å²) in [7, 11) is 0. The highest BCUT2D eigenvalue weighted by Gasteiger charge is 2.03. The van der Waals surface area contributed by atoms with E-state index in [9.17, 15) is 0 Å². The first-order valence-corrected chi connectivity index (χ1v) is 5.36. The fourth-order valence-corrected chi connectivity index (χ4v) is 2.13. The predicted octanol–water partition coefficient (Wildman–Crippen LogP) is 3.88. The quantitative estimate of drug-likeness (QED) is 0.817. The van der Waals surface area contributed by atoms with Crippen LogP contribution in [-0.4, -0.2) is 4.98 Å². The topological polar surface area (TPSA) is 15.8 Å². The fraction of sp³-hybridized carbons (Fsp3) is 0.273. The number of hydrogen-bond acceptors (Lipinski definition) is 0. The van der Waals surface area contributed by atoms with E-state index in [1.165, 1.54) is 22.9 Å². The molecule has 0 aliphatic carbocycles. The molecule has 1 nitrogen and oxygen atoms in total. The number of aromatic nitrogens is 1. The van der Waals surface area contributed by atoms with Crippen LogP contribution in [0.3, 0.4) is 0 Å². The van der Waals surface area contributed by atoms with Crippen LogP contribution in [0.4, 0.5) is 0 Å². The Labute approximate surface area is 86.3 Å². The van der Waals surface area contributed by atoms with Crippen molar-refractivity contribution in [3.8, 4) is 0 Å². The fourth-order valence-electron chi connectivity index (χ4n) is 1.65. The van der Waals surface area contributed by atoms with E-state index < -0.39 is 0 Å². The number of fused-ring (bicyclic) bond motifs is 1. The van der Waals surface area contributed by atoms with Gasteiger partial charge >= 0.3 is 0 Å². The van der Waals surface area contributed by atoms with Crippen LogP contribution in [0, 0.1) is 0 Å². The zero-order valence-electron chi connectivity index (χ0n) is 7.60. The normalized spacial score (nSPS) is 10.9. The van der Waals surface area contributed by atoms with E-state index in [2.05, 4.69) is 52.2 Å². The molecule has 1 heterocycles. The van der Waals surface area contributed by atoms with Gasteiger partial charge in [0.15, 0.2) is 0 Å². The van der Waals surface area contributed by atoms with Crippen molar-refractivity contribution < 1.29 is 0 Å². The van der Waals surface area contributed by atoms with E-state index in [0.29, 0.717) is 0 Å². The lowest BCUT2D eigenvalue weighted by Gasteiger charge is -1.96. The van der Waals surface area contributed by atoms with Gasteiger partial charge in [-0.25, -0.2) is 0 Å². The second-order valence-corrected chi connectivity index (χ2v) is 4.08. The molecule has 0 saturated heterocycles. The summed E-state index contributed by atoms with van der Waals surface area (Å²) in [5, 5.41) is 1.34. The van der Waals surface area contributed by atoms with Crippen molar-refractivity contribution >= 4 is 26.8 Å². The molecule has 0 unspecified atom stereocenters. The van der Waals surface area contributed by atoms with Crippen LogP contribution in [0.25, 0.3) is 10.9 Å². The van der Waals surface area contributed by atoms with E-state index in [1.54, 1.807) is 0 Å². The van der Waals surface area contributed by atoms with Gasteiger partial charge in [0, 0.05) is 16.1 Å². The first kappa shape index (κ1) is 8.82. The van der Waals surface area contributed by atoms with Crippen molar-refractivity contribution in [2.24, 2.45) is 0 Å². The zero-order chi connectivity index (χ0) is 9.26. The van der Waals surface area contributed by atoms with Crippen LogP contribution in [0.5, 0.6) is 0 Å². The third-order valence-corrected chi connectivity index (χ3v) is 2.93. The molecule has 0 spiro atoms. The summed E-state index contributed by atoms with van der Waals surface area (Å²) in [5.74, 6) is 0. The number of hydrogen-bond donors (Lipinski definition) is 1. The lowest BCUT2D eigenvalue weighted by atomic mass is 10.1. The highest BCUT2D eigenvalue weighted by Crippen LogP contribution is 2.25. The molecular weight excluding hydrogens is 226 g/mol. The second kappa shape index (κ2) is 3.54. The van der Waals surface area contributed by atoms with Crippen molar-refractivity contribution in [2.45, 2.75) is 19.8 Å². The van der Waals surface area contributed by atoms with Gasteiger partial charge in [-0.1, -0.05) is 25.5 Å². The average Bonchev–Trinajstić information content (AvgIpc) is 2.51. The molecule has 13 heavy (non-hydrogen) atoms. The molecule has 0 radical (unpaired) electrons. The first-order valence-electron chi connectivity index (χ1n) is 4.57. The molecule has 0 bridgehead atoms. The molecule has 0 fully saturated rings. The second-order valence-electron chi connectivity index (χ2n) is 3.23. The van der Waals surface area contributed by atoms with Crippen LogP contribution >= 0.6 is 15.9 Å². The Morgan fingerprint density at radius 3 is 3.00 bits per heavy atom. The number of H-pyrrole nitrogens is 1. The first-order chi connectivity index (χ1) is 6.33. The van der Waals surface area contributed by atoms with Gasteiger partial charge in [-0.15, -0.1) is 0 Å². The molecule has 2 heteroatoms. The SMILES string of the molecule is CCCc1c[nH]c2c(Br)cccc12. The number of halogens is 1.